The second kappa shape index (κ2) is 7.20. The topological polar surface area (TPSA) is 34.9 Å². The molecule has 0 spiro atoms. The smallest absolute Gasteiger partial charge is 0.266 e. The van der Waals surface area contributed by atoms with E-state index in [4.69, 9.17) is 16.6 Å². The number of halogens is 1. The summed E-state index contributed by atoms with van der Waals surface area (Å²) in [6.45, 7) is 0.975. The molecule has 0 amide bonds. The number of quaternary nitrogens is 1. The van der Waals surface area contributed by atoms with E-state index in [-0.39, 0.29) is 5.56 Å². The van der Waals surface area contributed by atoms with Gasteiger partial charge in [0, 0.05) is 5.02 Å². The molecule has 4 nitrogen and oxygen atoms in total. The number of rotatable bonds is 5. The predicted octanol–water partition coefficient (Wildman–Crippen LogP) is 3.84. The molecule has 0 saturated carbocycles. The Labute approximate surface area is 156 Å². The fourth-order valence-corrected chi connectivity index (χ4v) is 3.92. The first-order valence-corrected chi connectivity index (χ1v) is 9.42. The zero-order valence-corrected chi connectivity index (χ0v) is 16.1. The van der Waals surface area contributed by atoms with Gasteiger partial charge < -0.3 is 4.48 Å². The summed E-state index contributed by atoms with van der Waals surface area (Å²) in [5.74, 6) is 0.870. The van der Waals surface area contributed by atoms with Crippen molar-refractivity contribution >= 4 is 34.3 Å². The summed E-state index contributed by atoms with van der Waals surface area (Å²) in [6, 6.07) is 14.9. The summed E-state index contributed by atoms with van der Waals surface area (Å²) in [4.78, 5) is 17.8. The Hall–Kier alpha value is -1.82. The van der Waals surface area contributed by atoms with E-state index in [9.17, 15) is 4.79 Å². The SMILES string of the molecule is C[N+](C)(C)CCSc1nc2cc(Cl)ccc2c(=O)n1-c1ccccc1. The quantitative estimate of drug-likeness (QED) is 0.386. The monoisotopic (exact) mass is 374 g/mol. The molecule has 0 saturated heterocycles. The molecule has 0 radical (unpaired) electrons. The Balaban J connectivity index is 2.13. The third-order valence-corrected chi connectivity index (χ3v) is 4.96. The van der Waals surface area contributed by atoms with E-state index < -0.39 is 0 Å². The molecule has 3 aromatic rings. The number of nitrogens with zero attached hydrogens (tertiary/aromatic N) is 3. The zero-order chi connectivity index (χ0) is 18.0. The summed E-state index contributed by atoms with van der Waals surface area (Å²) < 4.78 is 2.55. The van der Waals surface area contributed by atoms with Crippen molar-refractivity contribution in [3.63, 3.8) is 0 Å². The van der Waals surface area contributed by atoms with Crippen molar-refractivity contribution in [1.82, 2.24) is 9.55 Å². The lowest BCUT2D eigenvalue weighted by Crippen LogP contribution is -2.36. The predicted molar refractivity (Wildman–Crippen MR) is 106 cm³/mol. The Morgan fingerprint density at radius 1 is 1.12 bits per heavy atom. The van der Waals surface area contributed by atoms with Crippen LogP contribution in [0.3, 0.4) is 0 Å². The van der Waals surface area contributed by atoms with Crippen LogP contribution >= 0.6 is 23.4 Å². The van der Waals surface area contributed by atoms with Crippen molar-refractivity contribution in [3.05, 3.63) is 63.9 Å². The van der Waals surface area contributed by atoms with Crippen molar-refractivity contribution < 1.29 is 4.48 Å². The maximum atomic E-state index is 13.1. The lowest BCUT2D eigenvalue weighted by molar-refractivity contribution is -0.867. The van der Waals surface area contributed by atoms with Crippen LogP contribution in [0.1, 0.15) is 0 Å². The van der Waals surface area contributed by atoms with Gasteiger partial charge in [0.15, 0.2) is 5.16 Å². The molecule has 3 rings (SSSR count). The molecule has 1 aromatic heterocycles. The van der Waals surface area contributed by atoms with E-state index in [1.165, 1.54) is 0 Å². The molecular formula is C19H21ClN3OS+. The average Bonchev–Trinajstić information content (AvgIpc) is 2.54. The van der Waals surface area contributed by atoms with Crippen LogP contribution in [-0.4, -0.2) is 47.5 Å². The van der Waals surface area contributed by atoms with Crippen LogP contribution in [0.25, 0.3) is 16.6 Å². The van der Waals surface area contributed by atoms with Crippen molar-refractivity contribution in [2.24, 2.45) is 0 Å². The molecule has 25 heavy (non-hydrogen) atoms. The Kier molecular flexibility index (Phi) is 5.18. The number of fused-ring (bicyclic) bond motifs is 1. The highest BCUT2D eigenvalue weighted by Gasteiger charge is 2.15. The third kappa shape index (κ3) is 4.24. The van der Waals surface area contributed by atoms with Gasteiger partial charge in [0.25, 0.3) is 5.56 Å². The number of benzene rings is 2. The van der Waals surface area contributed by atoms with Gasteiger partial charge in [-0.1, -0.05) is 41.6 Å². The molecule has 0 N–H and O–H groups in total. The second-order valence-electron chi connectivity index (χ2n) is 6.89. The van der Waals surface area contributed by atoms with Crippen molar-refractivity contribution in [3.8, 4) is 5.69 Å². The molecule has 0 aliphatic carbocycles. The van der Waals surface area contributed by atoms with Gasteiger partial charge >= 0.3 is 0 Å². The molecule has 2 aromatic carbocycles. The highest BCUT2D eigenvalue weighted by Crippen LogP contribution is 2.23. The van der Waals surface area contributed by atoms with Gasteiger partial charge in [0.2, 0.25) is 0 Å². The second-order valence-corrected chi connectivity index (χ2v) is 8.39. The Morgan fingerprint density at radius 2 is 1.84 bits per heavy atom. The largest absolute Gasteiger partial charge is 0.330 e. The van der Waals surface area contributed by atoms with Gasteiger partial charge in [-0.15, -0.1) is 0 Å². The number of para-hydroxylation sites is 1. The van der Waals surface area contributed by atoms with Crippen LogP contribution < -0.4 is 5.56 Å². The molecule has 130 valence electrons. The molecule has 6 heteroatoms. The standard InChI is InChI=1S/C19H21ClN3OS/c1-23(2,3)11-12-25-19-21-17-13-14(20)9-10-16(17)18(24)22(19)15-7-5-4-6-8-15/h4-10,13H,11-12H2,1-3H3/q+1. The molecule has 0 atom stereocenters. The summed E-state index contributed by atoms with van der Waals surface area (Å²) in [5, 5.41) is 1.85. The van der Waals surface area contributed by atoms with Crippen LogP contribution in [0.15, 0.2) is 58.5 Å². The lowest BCUT2D eigenvalue weighted by atomic mass is 10.2. The molecule has 0 aliphatic heterocycles. The van der Waals surface area contributed by atoms with Crippen LogP contribution in [0.5, 0.6) is 0 Å². The molecular weight excluding hydrogens is 354 g/mol. The van der Waals surface area contributed by atoms with Gasteiger partial charge in [-0.05, 0) is 30.3 Å². The third-order valence-electron chi connectivity index (χ3n) is 3.81. The first-order valence-electron chi connectivity index (χ1n) is 8.06. The zero-order valence-electron chi connectivity index (χ0n) is 14.6. The fourth-order valence-electron chi connectivity index (χ4n) is 2.45. The fraction of sp³-hybridized carbons (Fsp3) is 0.263. The number of hydrogen-bond acceptors (Lipinski definition) is 3. The van der Waals surface area contributed by atoms with Crippen molar-refractivity contribution in [2.45, 2.75) is 5.16 Å². The Morgan fingerprint density at radius 3 is 2.52 bits per heavy atom. The molecule has 1 heterocycles. The number of aromatic nitrogens is 2. The molecule has 0 aliphatic rings. The van der Waals surface area contributed by atoms with E-state index in [0.717, 1.165) is 22.5 Å². The lowest BCUT2D eigenvalue weighted by Gasteiger charge is -2.23. The van der Waals surface area contributed by atoms with Crippen molar-refractivity contribution in [1.29, 1.82) is 0 Å². The summed E-state index contributed by atoms with van der Waals surface area (Å²) in [5.41, 5.74) is 1.39. The first kappa shape index (κ1) is 18.0. The van der Waals surface area contributed by atoms with E-state index in [0.29, 0.717) is 21.1 Å². The number of hydrogen-bond donors (Lipinski definition) is 0. The summed E-state index contributed by atoms with van der Waals surface area (Å²) >= 11 is 7.68. The van der Waals surface area contributed by atoms with E-state index >= 15 is 0 Å². The maximum Gasteiger partial charge on any atom is 0.266 e. The van der Waals surface area contributed by atoms with Crippen LogP contribution in [0, 0.1) is 0 Å². The van der Waals surface area contributed by atoms with Gasteiger partial charge in [0.05, 0.1) is 50.0 Å². The first-order chi connectivity index (χ1) is 11.8. The van der Waals surface area contributed by atoms with E-state index in [1.54, 1.807) is 34.5 Å². The van der Waals surface area contributed by atoms with Gasteiger partial charge in [-0.3, -0.25) is 9.36 Å². The highest BCUT2D eigenvalue weighted by atomic mass is 35.5. The Bertz CT molecular complexity index is 949. The van der Waals surface area contributed by atoms with E-state index in [1.807, 2.05) is 30.3 Å². The van der Waals surface area contributed by atoms with Gasteiger partial charge in [0.1, 0.15) is 0 Å². The minimum atomic E-state index is -0.0689. The van der Waals surface area contributed by atoms with Gasteiger partial charge in [-0.2, -0.15) is 0 Å². The van der Waals surface area contributed by atoms with Crippen LogP contribution in [0.2, 0.25) is 5.02 Å². The summed E-state index contributed by atoms with van der Waals surface area (Å²) in [6.07, 6.45) is 0. The average molecular weight is 375 g/mol. The van der Waals surface area contributed by atoms with E-state index in [2.05, 4.69) is 21.1 Å². The molecule has 0 unspecified atom stereocenters. The van der Waals surface area contributed by atoms with Gasteiger partial charge in [-0.25, -0.2) is 4.98 Å². The van der Waals surface area contributed by atoms with Crippen LogP contribution in [0.4, 0.5) is 0 Å². The highest BCUT2D eigenvalue weighted by molar-refractivity contribution is 7.99. The minimum Gasteiger partial charge on any atom is -0.330 e. The molecule has 0 fully saturated rings. The maximum absolute atomic E-state index is 13.1. The van der Waals surface area contributed by atoms with Crippen molar-refractivity contribution in [2.75, 3.05) is 33.4 Å². The number of thioether (sulfide) groups is 1. The summed E-state index contributed by atoms with van der Waals surface area (Å²) in [7, 11) is 6.45. The molecule has 0 bridgehead atoms. The normalized spacial score (nSPS) is 11.8. The minimum absolute atomic E-state index is 0.0689. The van der Waals surface area contributed by atoms with Crippen LogP contribution in [-0.2, 0) is 0 Å².